The Hall–Kier alpha value is -0.110. The fourth-order valence-electron chi connectivity index (χ4n) is 1.04. The first-order valence-electron chi connectivity index (χ1n) is 4.32. The molecule has 0 saturated heterocycles. The van der Waals surface area contributed by atoms with Gasteiger partial charge in [-0.25, -0.2) is 0 Å². The molecule has 16 heavy (non-hydrogen) atoms. The predicted octanol–water partition coefficient (Wildman–Crippen LogP) is -0.0968. The van der Waals surface area contributed by atoms with Gasteiger partial charge in [-0.1, -0.05) is 18.2 Å². The van der Waals surface area contributed by atoms with Crippen LogP contribution in [0, 0.1) is 0 Å². The second-order valence-electron chi connectivity index (χ2n) is 2.93. The van der Waals surface area contributed by atoms with Gasteiger partial charge < -0.3 is 10.8 Å². The summed E-state index contributed by atoms with van der Waals surface area (Å²) < 4.78 is 29.2. The van der Waals surface area contributed by atoms with Gasteiger partial charge >= 0.3 is 29.6 Å². The van der Waals surface area contributed by atoms with E-state index in [1.807, 2.05) is 30.3 Å². The summed E-state index contributed by atoms with van der Waals surface area (Å²) in [5, 5.41) is 3.04. The Labute approximate surface area is 118 Å². The summed E-state index contributed by atoms with van der Waals surface area (Å²) in [6.07, 6.45) is 0.397. The summed E-state index contributed by atoms with van der Waals surface area (Å²) in [6.45, 7) is 0.532. The van der Waals surface area contributed by atoms with Crippen molar-refractivity contribution < 1.29 is 18.4 Å². The first kappa shape index (κ1) is 18.3. The van der Waals surface area contributed by atoms with Gasteiger partial charge in [-0.2, -0.15) is 8.42 Å². The molecule has 1 aromatic carbocycles. The monoisotopic (exact) mass is 257 g/mol. The molecule has 0 radical (unpaired) electrons. The summed E-state index contributed by atoms with van der Waals surface area (Å²) in [7, 11) is -3.82. The van der Waals surface area contributed by atoms with E-state index in [2.05, 4.69) is 5.32 Å². The Morgan fingerprint density at radius 1 is 1.19 bits per heavy atom. The van der Waals surface area contributed by atoms with E-state index in [1.165, 1.54) is 0 Å². The molecule has 0 aliphatic carbocycles. The van der Waals surface area contributed by atoms with E-state index in [0.29, 0.717) is 13.0 Å². The van der Waals surface area contributed by atoms with Crippen molar-refractivity contribution in [1.82, 2.24) is 0 Å². The van der Waals surface area contributed by atoms with Gasteiger partial charge in [0.05, 0.1) is 5.75 Å². The summed E-state index contributed by atoms with van der Waals surface area (Å²) in [4.78, 5) is 0. The molecule has 0 atom stereocenters. The minimum absolute atomic E-state index is 0. The van der Waals surface area contributed by atoms with Crippen LogP contribution in [0.15, 0.2) is 30.3 Å². The maximum absolute atomic E-state index is 10.4. The molecule has 7 heteroatoms. The Morgan fingerprint density at radius 2 is 1.75 bits per heavy atom. The van der Waals surface area contributed by atoms with Crippen molar-refractivity contribution in [1.29, 1.82) is 0 Å². The maximum atomic E-state index is 10.4. The standard InChI is InChI=1S/C9H13NO3S.Na.H2O.H/c11-14(12,13)8-4-7-10-9-5-2-1-3-6-9;;;/h1-3,5-6,10H,4,7-8H2,(H,11,12,13);;1H2;. The molecule has 0 aromatic heterocycles. The molecule has 88 valence electrons. The topological polar surface area (TPSA) is 97.9 Å². The third kappa shape index (κ3) is 9.14. The molecule has 0 amide bonds. The van der Waals surface area contributed by atoms with Gasteiger partial charge in [-0.05, 0) is 18.6 Å². The fourth-order valence-corrected chi connectivity index (χ4v) is 1.55. The van der Waals surface area contributed by atoms with Crippen LogP contribution in [0.3, 0.4) is 0 Å². The molecule has 0 aliphatic rings. The van der Waals surface area contributed by atoms with Crippen LogP contribution < -0.4 is 5.32 Å². The summed E-state index contributed by atoms with van der Waals surface area (Å²) in [5.41, 5.74) is 0.947. The van der Waals surface area contributed by atoms with Crippen molar-refractivity contribution in [3.05, 3.63) is 30.3 Å². The van der Waals surface area contributed by atoms with E-state index < -0.39 is 10.1 Å². The molecular formula is C9H16NNaO4S. The predicted molar refractivity (Wildman–Crippen MR) is 66.7 cm³/mol. The van der Waals surface area contributed by atoms with Crippen LogP contribution in [0.2, 0.25) is 0 Å². The zero-order chi connectivity index (χ0) is 10.4. The van der Waals surface area contributed by atoms with Gasteiger partial charge in [0.2, 0.25) is 0 Å². The van der Waals surface area contributed by atoms with Crippen molar-refractivity contribution in [2.75, 3.05) is 17.6 Å². The van der Waals surface area contributed by atoms with E-state index >= 15 is 0 Å². The molecule has 0 heterocycles. The zero-order valence-electron chi connectivity index (χ0n) is 8.18. The molecular weight excluding hydrogens is 241 g/mol. The average molecular weight is 257 g/mol. The van der Waals surface area contributed by atoms with Gasteiger partial charge in [0.1, 0.15) is 0 Å². The summed E-state index contributed by atoms with van der Waals surface area (Å²) in [5.74, 6) is -0.202. The van der Waals surface area contributed by atoms with Gasteiger partial charge in [0, 0.05) is 12.2 Å². The van der Waals surface area contributed by atoms with Crippen LogP contribution in [0.5, 0.6) is 0 Å². The molecule has 0 saturated carbocycles. The fraction of sp³-hybridized carbons (Fsp3) is 0.333. The Kier molecular flexibility index (Phi) is 10.2. The van der Waals surface area contributed by atoms with Crippen LogP contribution in [-0.4, -0.2) is 60.3 Å². The first-order valence-corrected chi connectivity index (χ1v) is 5.93. The van der Waals surface area contributed by atoms with Crippen molar-refractivity contribution in [3.63, 3.8) is 0 Å². The third-order valence-electron chi connectivity index (χ3n) is 1.68. The second-order valence-corrected chi connectivity index (χ2v) is 4.50. The molecule has 0 unspecified atom stereocenters. The zero-order valence-corrected chi connectivity index (χ0v) is 9.00. The van der Waals surface area contributed by atoms with Gasteiger partial charge in [-0.15, -0.1) is 0 Å². The van der Waals surface area contributed by atoms with Crippen molar-refractivity contribution in [2.45, 2.75) is 6.42 Å². The number of para-hydroxylation sites is 1. The average Bonchev–Trinajstić information content (AvgIpc) is 2.13. The molecule has 0 fully saturated rings. The van der Waals surface area contributed by atoms with Crippen LogP contribution in [-0.2, 0) is 10.1 Å². The summed E-state index contributed by atoms with van der Waals surface area (Å²) >= 11 is 0. The third-order valence-corrected chi connectivity index (χ3v) is 2.49. The van der Waals surface area contributed by atoms with Crippen molar-refractivity contribution in [3.8, 4) is 0 Å². The molecule has 5 nitrogen and oxygen atoms in total. The van der Waals surface area contributed by atoms with Crippen molar-refractivity contribution >= 4 is 45.4 Å². The molecule has 0 bridgehead atoms. The Balaban J connectivity index is 0. The Morgan fingerprint density at radius 3 is 2.25 bits per heavy atom. The molecule has 0 aliphatic heterocycles. The van der Waals surface area contributed by atoms with Gasteiger partial charge in [-0.3, -0.25) is 4.55 Å². The van der Waals surface area contributed by atoms with Crippen LogP contribution in [0.25, 0.3) is 0 Å². The van der Waals surface area contributed by atoms with E-state index in [-0.39, 0.29) is 40.8 Å². The van der Waals surface area contributed by atoms with Gasteiger partial charge in [0.15, 0.2) is 0 Å². The Bertz CT molecular complexity index is 368. The number of hydrogen-bond donors (Lipinski definition) is 2. The second kappa shape index (κ2) is 8.98. The van der Waals surface area contributed by atoms with Crippen LogP contribution in [0.4, 0.5) is 5.69 Å². The van der Waals surface area contributed by atoms with E-state index in [4.69, 9.17) is 4.55 Å². The van der Waals surface area contributed by atoms with Gasteiger partial charge in [0.25, 0.3) is 10.1 Å². The number of benzene rings is 1. The van der Waals surface area contributed by atoms with Crippen molar-refractivity contribution in [2.24, 2.45) is 0 Å². The van der Waals surface area contributed by atoms with E-state index in [1.54, 1.807) is 0 Å². The minimum atomic E-state index is -3.82. The molecule has 4 N–H and O–H groups in total. The number of anilines is 1. The number of nitrogens with one attached hydrogen (secondary N) is 1. The quantitative estimate of drug-likeness (QED) is 0.437. The van der Waals surface area contributed by atoms with Crippen LogP contribution >= 0.6 is 0 Å². The van der Waals surface area contributed by atoms with E-state index in [0.717, 1.165) is 5.69 Å². The normalized spacial score (nSPS) is 9.81. The summed E-state index contributed by atoms with van der Waals surface area (Å²) in [6, 6.07) is 9.49. The molecule has 1 aromatic rings. The SMILES string of the molecule is O.O=S(=O)(O)CCCNc1ccccc1.[NaH]. The number of rotatable bonds is 5. The van der Waals surface area contributed by atoms with Crippen LogP contribution in [0.1, 0.15) is 6.42 Å². The first-order chi connectivity index (χ1) is 6.58. The number of hydrogen-bond acceptors (Lipinski definition) is 3. The van der Waals surface area contributed by atoms with E-state index in [9.17, 15) is 8.42 Å². The molecule has 0 spiro atoms. The molecule has 1 rings (SSSR count).